The summed E-state index contributed by atoms with van der Waals surface area (Å²) in [6, 6.07) is 17.3. The van der Waals surface area contributed by atoms with Crippen LogP contribution in [-0.2, 0) is 16.8 Å². The highest BCUT2D eigenvalue weighted by molar-refractivity contribution is 5.85. The van der Waals surface area contributed by atoms with Gasteiger partial charge in [-0.25, -0.2) is 4.98 Å². The summed E-state index contributed by atoms with van der Waals surface area (Å²) in [5.41, 5.74) is 3.19. The van der Waals surface area contributed by atoms with Crippen LogP contribution >= 0.6 is 12.4 Å². The molecule has 0 aliphatic carbocycles. The first kappa shape index (κ1) is 21.9. The van der Waals surface area contributed by atoms with Gasteiger partial charge in [0.25, 0.3) is 0 Å². The van der Waals surface area contributed by atoms with Crippen molar-refractivity contribution in [2.75, 3.05) is 0 Å². The second-order valence-electron chi connectivity index (χ2n) is 7.31. The van der Waals surface area contributed by atoms with Gasteiger partial charge in [0.1, 0.15) is 12.6 Å². The third kappa shape index (κ3) is 4.56. The van der Waals surface area contributed by atoms with Crippen LogP contribution in [0.3, 0.4) is 0 Å². The Morgan fingerprint density at radius 2 is 1.90 bits per heavy atom. The van der Waals surface area contributed by atoms with Gasteiger partial charge in [0.15, 0.2) is 0 Å². The van der Waals surface area contributed by atoms with Crippen molar-refractivity contribution in [3.63, 3.8) is 0 Å². The number of para-hydroxylation sites is 1. The summed E-state index contributed by atoms with van der Waals surface area (Å²) in [7, 11) is 0. The number of benzene rings is 2. The second kappa shape index (κ2) is 8.77. The van der Waals surface area contributed by atoms with E-state index in [-0.39, 0.29) is 30.9 Å². The maximum absolute atomic E-state index is 12.5. The third-order valence-electron chi connectivity index (χ3n) is 4.86. The van der Waals surface area contributed by atoms with Gasteiger partial charge < -0.3 is 9.88 Å². The number of amides is 1. The Labute approximate surface area is 176 Å². The van der Waals surface area contributed by atoms with E-state index in [1.165, 1.54) is 0 Å². The maximum Gasteiger partial charge on any atom is 0.240 e. The lowest BCUT2D eigenvalue weighted by molar-refractivity contribution is -0.122. The number of fused-ring (bicyclic) bond motifs is 1. The molecular weight excluding hydrogens is 386 g/mol. The summed E-state index contributed by atoms with van der Waals surface area (Å²) in [5, 5.41) is 21.5. The molecule has 1 atom stereocenters. The monoisotopic (exact) mass is 407 g/mol. The molecule has 0 saturated heterocycles. The zero-order valence-electron chi connectivity index (χ0n) is 16.5. The number of carbonyl (C=O) groups is 1. The summed E-state index contributed by atoms with van der Waals surface area (Å²) in [6.45, 7) is 5.74. The van der Waals surface area contributed by atoms with Crippen molar-refractivity contribution in [3.05, 3.63) is 65.5 Å². The number of carbonyl (C=O) groups excluding carboxylic acids is 1. The molecule has 1 aromatic heterocycles. The average molecular weight is 408 g/mol. The molecule has 3 rings (SSSR count). The quantitative estimate of drug-likeness (QED) is 0.691. The van der Waals surface area contributed by atoms with Crippen LogP contribution in [0, 0.1) is 22.7 Å². The Balaban J connectivity index is 0.00000300. The number of imidazole rings is 1. The molecule has 0 bridgehead atoms. The lowest BCUT2D eigenvalue weighted by atomic mass is 9.85. The highest BCUT2D eigenvalue weighted by atomic mass is 35.5. The van der Waals surface area contributed by atoms with Crippen LogP contribution in [0.4, 0.5) is 0 Å². The van der Waals surface area contributed by atoms with E-state index in [0.717, 1.165) is 11.1 Å². The summed E-state index contributed by atoms with van der Waals surface area (Å²) in [5.74, 6) is -0.166. The summed E-state index contributed by atoms with van der Waals surface area (Å²) in [4.78, 5) is 16.8. The first-order valence-corrected chi connectivity index (χ1v) is 9.00. The molecule has 0 fully saturated rings. The summed E-state index contributed by atoms with van der Waals surface area (Å²) >= 11 is 0. The smallest absolute Gasteiger partial charge is 0.240 e. The van der Waals surface area contributed by atoms with Gasteiger partial charge in [-0.15, -0.1) is 12.4 Å². The van der Waals surface area contributed by atoms with Gasteiger partial charge in [0, 0.05) is 0 Å². The highest BCUT2D eigenvalue weighted by Crippen LogP contribution is 2.24. The molecule has 29 heavy (non-hydrogen) atoms. The Kier molecular flexibility index (Phi) is 6.64. The number of nitriles is 2. The molecule has 1 heterocycles. The van der Waals surface area contributed by atoms with Gasteiger partial charge in [0.2, 0.25) is 5.91 Å². The predicted molar refractivity (Wildman–Crippen MR) is 113 cm³/mol. The van der Waals surface area contributed by atoms with E-state index in [9.17, 15) is 15.3 Å². The van der Waals surface area contributed by atoms with Crippen LogP contribution in [0.25, 0.3) is 11.0 Å². The van der Waals surface area contributed by atoms with Crippen LogP contribution in [0.15, 0.2) is 48.8 Å². The summed E-state index contributed by atoms with van der Waals surface area (Å²) in [6.07, 6.45) is 1.58. The van der Waals surface area contributed by atoms with Crippen LogP contribution < -0.4 is 5.32 Å². The van der Waals surface area contributed by atoms with Crippen molar-refractivity contribution in [1.29, 1.82) is 10.5 Å². The summed E-state index contributed by atoms with van der Waals surface area (Å²) < 4.78 is 1.69. The molecule has 0 radical (unpaired) electrons. The Morgan fingerprint density at radius 3 is 2.52 bits per heavy atom. The number of halogens is 1. The van der Waals surface area contributed by atoms with E-state index < -0.39 is 5.41 Å². The number of hydrogen-bond acceptors (Lipinski definition) is 4. The first-order chi connectivity index (χ1) is 13.4. The lowest BCUT2D eigenvalue weighted by Crippen LogP contribution is -2.30. The minimum absolute atomic E-state index is 0. The normalized spacial score (nSPS) is 11.8. The van der Waals surface area contributed by atoms with Gasteiger partial charge in [-0.3, -0.25) is 4.79 Å². The molecule has 6 nitrogen and oxygen atoms in total. The molecule has 0 spiro atoms. The number of rotatable bonds is 5. The fraction of sp³-hybridized carbons (Fsp3) is 0.273. The molecule has 0 aliphatic rings. The number of nitrogens with zero attached hydrogens (tertiary/aromatic N) is 4. The Hall–Kier alpha value is -3.35. The maximum atomic E-state index is 12.5. The topological polar surface area (TPSA) is 94.5 Å². The number of nitrogens with one attached hydrogen (secondary N) is 1. The number of hydrogen-bond donors (Lipinski definition) is 1. The molecule has 3 aromatic rings. The van der Waals surface area contributed by atoms with Gasteiger partial charge in [-0.1, -0.05) is 30.3 Å². The SMILES string of the molecule is C[C@H](NC(=O)Cn1cnc2cccc(C#N)c21)c1ccc(C(C)(C)C#N)cc1.Cl. The molecule has 2 aromatic carbocycles. The zero-order valence-corrected chi connectivity index (χ0v) is 17.3. The molecule has 7 heteroatoms. The van der Waals surface area contributed by atoms with Crippen molar-refractivity contribution < 1.29 is 4.79 Å². The second-order valence-corrected chi connectivity index (χ2v) is 7.31. The van der Waals surface area contributed by atoms with Crippen molar-refractivity contribution in [2.24, 2.45) is 0 Å². The third-order valence-corrected chi connectivity index (χ3v) is 4.86. The van der Waals surface area contributed by atoms with Crippen molar-refractivity contribution >= 4 is 29.3 Å². The lowest BCUT2D eigenvalue weighted by Gasteiger charge is -2.19. The van der Waals surface area contributed by atoms with Crippen LogP contribution in [0.5, 0.6) is 0 Å². The predicted octanol–water partition coefficient (Wildman–Crippen LogP) is 4.01. The fourth-order valence-corrected chi connectivity index (χ4v) is 3.12. The van der Waals surface area contributed by atoms with E-state index in [1.807, 2.05) is 51.1 Å². The minimum atomic E-state index is -0.550. The molecule has 148 valence electrons. The first-order valence-electron chi connectivity index (χ1n) is 9.00. The van der Waals surface area contributed by atoms with Crippen molar-refractivity contribution in [2.45, 2.75) is 38.8 Å². The van der Waals surface area contributed by atoms with Gasteiger partial charge in [0.05, 0.1) is 40.5 Å². The minimum Gasteiger partial charge on any atom is -0.348 e. The molecule has 0 unspecified atom stereocenters. The zero-order chi connectivity index (χ0) is 20.3. The van der Waals surface area contributed by atoms with Gasteiger partial charge in [-0.05, 0) is 44.0 Å². The van der Waals surface area contributed by atoms with Crippen LogP contribution in [0.2, 0.25) is 0 Å². The Morgan fingerprint density at radius 1 is 1.21 bits per heavy atom. The highest BCUT2D eigenvalue weighted by Gasteiger charge is 2.20. The fourth-order valence-electron chi connectivity index (χ4n) is 3.12. The standard InChI is InChI=1S/C22H21N5O.ClH/c1-15(16-7-9-18(10-8-16)22(2,3)13-24)26-20(28)12-27-14-25-19-6-4-5-17(11-23)21(19)27;/h4-10,14-15H,12H2,1-3H3,(H,26,28);1H/t15-;/m0./s1. The largest absolute Gasteiger partial charge is 0.348 e. The van der Waals surface area contributed by atoms with E-state index in [2.05, 4.69) is 22.4 Å². The van der Waals surface area contributed by atoms with Crippen molar-refractivity contribution in [3.8, 4) is 12.1 Å². The van der Waals surface area contributed by atoms with Crippen molar-refractivity contribution in [1.82, 2.24) is 14.9 Å². The molecule has 1 amide bonds. The Bertz CT molecular complexity index is 1100. The molecule has 0 saturated carbocycles. The van der Waals surface area contributed by atoms with E-state index in [4.69, 9.17) is 0 Å². The average Bonchev–Trinajstić information content (AvgIpc) is 3.10. The molecule has 0 aliphatic heterocycles. The van der Waals surface area contributed by atoms with E-state index >= 15 is 0 Å². The molecular formula is C22H22ClN5O. The van der Waals surface area contributed by atoms with Crippen LogP contribution in [0.1, 0.15) is 43.5 Å². The van der Waals surface area contributed by atoms with E-state index in [1.54, 1.807) is 23.0 Å². The molecule has 1 N–H and O–H groups in total. The van der Waals surface area contributed by atoms with E-state index in [0.29, 0.717) is 16.6 Å². The van der Waals surface area contributed by atoms with Crippen LogP contribution in [-0.4, -0.2) is 15.5 Å². The number of aromatic nitrogens is 2. The van der Waals surface area contributed by atoms with Gasteiger partial charge >= 0.3 is 0 Å². The van der Waals surface area contributed by atoms with Gasteiger partial charge in [-0.2, -0.15) is 10.5 Å².